The summed E-state index contributed by atoms with van der Waals surface area (Å²) < 4.78 is 0. The number of carbonyl (C=O) groups is 1. The van der Waals surface area contributed by atoms with Gasteiger partial charge in [-0.1, -0.05) is 48.0 Å². The van der Waals surface area contributed by atoms with Gasteiger partial charge in [-0.25, -0.2) is 0 Å². The zero-order valence-electron chi connectivity index (χ0n) is 12.4. The van der Waals surface area contributed by atoms with Crippen molar-refractivity contribution in [3.8, 4) is 0 Å². The van der Waals surface area contributed by atoms with Crippen LogP contribution in [0, 0.1) is 6.92 Å². The standard InChI is InChI=1S/C18H21NO2/c1-13-8-10-16(11-9-13)18(21)19-14(2)12-17(20)15-6-4-3-5-7-15/h3-11,14,17,20H,12H2,1-2H3,(H,19,21)/t14-,17+/m1/s1. The third-order valence-electron chi connectivity index (χ3n) is 3.45. The van der Waals surface area contributed by atoms with E-state index in [-0.39, 0.29) is 11.9 Å². The fourth-order valence-corrected chi connectivity index (χ4v) is 2.22. The first-order valence-electron chi connectivity index (χ1n) is 7.17. The zero-order valence-corrected chi connectivity index (χ0v) is 12.4. The van der Waals surface area contributed by atoms with Crippen LogP contribution in [0.25, 0.3) is 0 Å². The summed E-state index contributed by atoms with van der Waals surface area (Å²) in [6, 6.07) is 16.8. The van der Waals surface area contributed by atoms with Crippen molar-refractivity contribution in [1.29, 1.82) is 0 Å². The molecule has 0 saturated carbocycles. The van der Waals surface area contributed by atoms with Gasteiger partial charge in [0.25, 0.3) is 5.91 Å². The molecule has 3 heteroatoms. The van der Waals surface area contributed by atoms with Gasteiger partial charge in [-0.15, -0.1) is 0 Å². The van der Waals surface area contributed by atoms with Crippen LogP contribution in [0.3, 0.4) is 0 Å². The van der Waals surface area contributed by atoms with E-state index in [2.05, 4.69) is 5.32 Å². The Labute approximate surface area is 125 Å². The summed E-state index contributed by atoms with van der Waals surface area (Å²) in [5.41, 5.74) is 2.63. The molecule has 0 radical (unpaired) electrons. The molecule has 110 valence electrons. The summed E-state index contributed by atoms with van der Waals surface area (Å²) in [4.78, 5) is 12.1. The predicted molar refractivity (Wildman–Crippen MR) is 84.1 cm³/mol. The number of benzene rings is 2. The van der Waals surface area contributed by atoms with Gasteiger partial charge in [-0.3, -0.25) is 4.79 Å². The monoisotopic (exact) mass is 283 g/mol. The Morgan fingerprint density at radius 1 is 1.10 bits per heavy atom. The first-order valence-corrected chi connectivity index (χ1v) is 7.17. The van der Waals surface area contributed by atoms with E-state index in [9.17, 15) is 9.90 Å². The fraction of sp³-hybridized carbons (Fsp3) is 0.278. The molecule has 0 saturated heterocycles. The maximum absolute atomic E-state index is 12.1. The normalized spacial score (nSPS) is 13.5. The van der Waals surface area contributed by atoms with Gasteiger partial charge >= 0.3 is 0 Å². The lowest BCUT2D eigenvalue weighted by Gasteiger charge is -2.18. The topological polar surface area (TPSA) is 49.3 Å². The average Bonchev–Trinajstić information content (AvgIpc) is 2.48. The van der Waals surface area contributed by atoms with Gasteiger partial charge in [0.05, 0.1) is 6.10 Å². The molecule has 0 aliphatic heterocycles. The summed E-state index contributed by atoms with van der Waals surface area (Å²) >= 11 is 0. The van der Waals surface area contributed by atoms with Gasteiger partial charge in [0, 0.05) is 11.6 Å². The van der Waals surface area contributed by atoms with Crippen LogP contribution in [0.2, 0.25) is 0 Å². The number of hydrogen-bond donors (Lipinski definition) is 2. The Bertz CT molecular complexity index is 578. The minimum Gasteiger partial charge on any atom is -0.388 e. The molecule has 2 N–H and O–H groups in total. The number of aliphatic hydroxyl groups excluding tert-OH is 1. The fourth-order valence-electron chi connectivity index (χ4n) is 2.22. The first-order chi connectivity index (χ1) is 10.1. The van der Waals surface area contributed by atoms with Crippen LogP contribution in [0.5, 0.6) is 0 Å². The maximum atomic E-state index is 12.1. The third kappa shape index (κ3) is 4.43. The summed E-state index contributed by atoms with van der Waals surface area (Å²) in [5, 5.41) is 13.1. The van der Waals surface area contributed by atoms with Crippen molar-refractivity contribution < 1.29 is 9.90 Å². The van der Waals surface area contributed by atoms with Crippen LogP contribution in [0.15, 0.2) is 54.6 Å². The van der Waals surface area contributed by atoms with E-state index in [4.69, 9.17) is 0 Å². The van der Waals surface area contributed by atoms with Gasteiger partial charge in [0.1, 0.15) is 0 Å². The molecule has 0 spiro atoms. The van der Waals surface area contributed by atoms with Crippen molar-refractivity contribution in [2.45, 2.75) is 32.4 Å². The Morgan fingerprint density at radius 3 is 2.33 bits per heavy atom. The van der Waals surface area contributed by atoms with Crippen molar-refractivity contribution >= 4 is 5.91 Å². The molecule has 0 unspecified atom stereocenters. The lowest BCUT2D eigenvalue weighted by Crippen LogP contribution is -2.33. The van der Waals surface area contributed by atoms with Crippen LogP contribution in [-0.4, -0.2) is 17.1 Å². The smallest absolute Gasteiger partial charge is 0.251 e. The molecule has 0 bridgehead atoms. The van der Waals surface area contributed by atoms with E-state index in [1.54, 1.807) is 0 Å². The van der Waals surface area contributed by atoms with E-state index in [1.807, 2.05) is 68.4 Å². The van der Waals surface area contributed by atoms with E-state index in [0.717, 1.165) is 11.1 Å². The number of nitrogens with one attached hydrogen (secondary N) is 1. The average molecular weight is 283 g/mol. The van der Waals surface area contributed by atoms with Crippen LogP contribution in [0.4, 0.5) is 0 Å². The predicted octanol–water partition coefficient (Wildman–Crippen LogP) is 3.24. The van der Waals surface area contributed by atoms with E-state index in [0.29, 0.717) is 12.0 Å². The second-order valence-electron chi connectivity index (χ2n) is 5.40. The zero-order chi connectivity index (χ0) is 15.2. The molecule has 2 atom stereocenters. The minimum absolute atomic E-state index is 0.103. The molecule has 0 heterocycles. The highest BCUT2D eigenvalue weighted by Gasteiger charge is 2.15. The largest absolute Gasteiger partial charge is 0.388 e. The summed E-state index contributed by atoms with van der Waals surface area (Å²) in [7, 11) is 0. The van der Waals surface area contributed by atoms with Crippen molar-refractivity contribution in [3.05, 3.63) is 71.3 Å². The van der Waals surface area contributed by atoms with Crippen molar-refractivity contribution in [2.24, 2.45) is 0 Å². The summed E-state index contributed by atoms with van der Waals surface area (Å²) in [6.07, 6.45) is -0.0822. The Hall–Kier alpha value is -2.13. The molecule has 1 amide bonds. The Balaban J connectivity index is 1.91. The van der Waals surface area contributed by atoms with Gasteiger partial charge in [0.2, 0.25) is 0 Å². The van der Waals surface area contributed by atoms with E-state index in [1.165, 1.54) is 0 Å². The first kappa shape index (κ1) is 15.3. The molecule has 3 nitrogen and oxygen atoms in total. The number of carbonyl (C=O) groups excluding carboxylic acids is 1. The van der Waals surface area contributed by atoms with Gasteiger partial charge in [-0.2, -0.15) is 0 Å². The molecule has 0 aromatic heterocycles. The second-order valence-corrected chi connectivity index (χ2v) is 5.40. The Morgan fingerprint density at radius 2 is 1.71 bits per heavy atom. The van der Waals surface area contributed by atoms with Gasteiger partial charge in [0.15, 0.2) is 0 Å². The van der Waals surface area contributed by atoms with Gasteiger partial charge in [-0.05, 0) is 38.0 Å². The number of aryl methyl sites for hydroxylation is 1. The van der Waals surface area contributed by atoms with Crippen molar-refractivity contribution in [3.63, 3.8) is 0 Å². The second kappa shape index (κ2) is 7.04. The molecule has 2 aromatic carbocycles. The number of amides is 1. The van der Waals surface area contributed by atoms with Crippen molar-refractivity contribution in [2.75, 3.05) is 0 Å². The molecule has 0 aliphatic rings. The molecule has 0 fully saturated rings. The molecular weight excluding hydrogens is 262 g/mol. The van der Waals surface area contributed by atoms with E-state index < -0.39 is 6.10 Å². The number of aliphatic hydroxyl groups is 1. The summed E-state index contributed by atoms with van der Waals surface area (Å²) in [6.45, 7) is 3.89. The lowest BCUT2D eigenvalue weighted by atomic mass is 10.0. The molecular formula is C18H21NO2. The lowest BCUT2D eigenvalue weighted by molar-refractivity contribution is 0.0917. The highest BCUT2D eigenvalue weighted by molar-refractivity contribution is 5.94. The Kier molecular flexibility index (Phi) is 5.12. The quantitative estimate of drug-likeness (QED) is 0.885. The SMILES string of the molecule is Cc1ccc(C(=O)N[C@H](C)C[C@H](O)c2ccccc2)cc1. The maximum Gasteiger partial charge on any atom is 0.251 e. The summed E-state index contributed by atoms with van der Waals surface area (Å²) in [5.74, 6) is -0.109. The van der Waals surface area contributed by atoms with Crippen LogP contribution >= 0.6 is 0 Å². The van der Waals surface area contributed by atoms with Crippen LogP contribution in [-0.2, 0) is 0 Å². The van der Waals surface area contributed by atoms with Crippen LogP contribution in [0.1, 0.15) is 40.9 Å². The highest BCUT2D eigenvalue weighted by Crippen LogP contribution is 2.17. The van der Waals surface area contributed by atoms with Crippen LogP contribution < -0.4 is 5.32 Å². The number of hydrogen-bond acceptors (Lipinski definition) is 2. The number of rotatable bonds is 5. The third-order valence-corrected chi connectivity index (χ3v) is 3.45. The molecule has 2 aromatic rings. The minimum atomic E-state index is -0.570. The highest BCUT2D eigenvalue weighted by atomic mass is 16.3. The van der Waals surface area contributed by atoms with Crippen molar-refractivity contribution in [1.82, 2.24) is 5.32 Å². The molecule has 21 heavy (non-hydrogen) atoms. The van der Waals surface area contributed by atoms with E-state index >= 15 is 0 Å². The molecule has 0 aliphatic carbocycles. The molecule has 2 rings (SSSR count). The van der Waals surface area contributed by atoms with Gasteiger partial charge < -0.3 is 10.4 Å².